The van der Waals surface area contributed by atoms with Gasteiger partial charge in [-0.1, -0.05) is 48.0 Å². The quantitative estimate of drug-likeness (QED) is 0.103. The van der Waals surface area contributed by atoms with Gasteiger partial charge < -0.3 is 44.8 Å². The molecule has 0 saturated heterocycles. The molecule has 0 aliphatic rings. The van der Waals surface area contributed by atoms with Crippen LogP contribution in [0.1, 0.15) is 60.8 Å². The van der Waals surface area contributed by atoms with Crippen LogP contribution in [0.25, 0.3) is 0 Å². The number of aliphatic hydroxyl groups is 6. The molecule has 0 aromatic heterocycles. The van der Waals surface area contributed by atoms with E-state index >= 15 is 0 Å². The Morgan fingerprint density at radius 3 is 1.50 bits per heavy atom. The van der Waals surface area contributed by atoms with Gasteiger partial charge in [0.2, 0.25) is 12.2 Å². The maximum absolute atomic E-state index is 13.0. The first-order valence-electron chi connectivity index (χ1n) is 12.4. The molecule has 0 aromatic rings. The van der Waals surface area contributed by atoms with Crippen molar-refractivity contribution in [2.75, 3.05) is 13.2 Å². The first kappa shape index (κ1) is 34.2. The third-order valence-electron chi connectivity index (χ3n) is 6.42. The van der Waals surface area contributed by atoms with E-state index in [9.17, 15) is 39.9 Å². The van der Waals surface area contributed by atoms with Gasteiger partial charge in [-0.2, -0.15) is 0 Å². The van der Waals surface area contributed by atoms with Gasteiger partial charge in [-0.25, -0.2) is 14.4 Å². The third-order valence-corrected chi connectivity index (χ3v) is 6.42. The number of aliphatic hydroxyl groups excluding tert-OH is 6. The van der Waals surface area contributed by atoms with E-state index in [1.807, 2.05) is 0 Å². The molecule has 0 fully saturated rings. The van der Waals surface area contributed by atoms with Crippen molar-refractivity contribution in [3.8, 4) is 0 Å². The van der Waals surface area contributed by atoms with Gasteiger partial charge in [0.25, 0.3) is 0 Å². The molecule has 12 heteroatoms. The maximum atomic E-state index is 13.0. The fraction of sp³-hybridized carbons (Fsp3) is 0.875. The number of hydrogen-bond donors (Lipinski definition) is 6. The minimum absolute atomic E-state index is 0.389. The topological polar surface area (TPSA) is 200 Å². The van der Waals surface area contributed by atoms with Crippen molar-refractivity contribution in [1.29, 1.82) is 0 Å². The van der Waals surface area contributed by atoms with Gasteiger partial charge in [-0.05, 0) is 18.8 Å². The first-order chi connectivity index (χ1) is 16.8. The van der Waals surface area contributed by atoms with Gasteiger partial charge in [0.05, 0.1) is 6.61 Å². The summed E-state index contributed by atoms with van der Waals surface area (Å²) in [6.45, 7) is 8.54. The largest absolute Gasteiger partial charge is 0.460 e. The Labute approximate surface area is 212 Å². The van der Waals surface area contributed by atoms with E-state index < -0.39 is 91.6 Å². The van der Waals surface area contributed by atoms with Crippen LogP contribution in [0.5, 0.6) is 0 Å². The van der Waals surface area contributed by atoms with Crippen LogP contribution in [0, 0.1) is 17.8 Å². The molecule has 0 aliphatic heterocycles. The van der Waals surface area contributed by atoms with E-state index in [1.165, 1.54) is 0 Å². The number of carbonyl (C=O) groups is 3. The summed E-state index contributed by atoms with van der Waals surface area (Å²) in [5, 5.41) is 57.9. The van der Waals surface area contributed by atoms with Crippen molar-refractivity contribution < 1.29 is 59.2 Å². The molecule has 0 amide bonds. The number of rotatable bonds is 17. The lowest BCUT2D eigenvalue weighted by Crippen LogP contribution is -2.48. The predicted molar refractivity (Wildman–Crippen MR) is 126 cm³/mol. The molecule has 212 valence electrons. The van der Waals surface area contributed by atoms with Crippen LogP contribution in [-0.2, 0) is 28.6 Å². The summed E-state index contributed by atoms with van der Waals surface area (Å²) in [7, 11) is 0. The standard InChI is InChI=1S/C24H44O12/c1-7-12(4)17(28)22(31)35-21(14(6)9-3)24(33)36-20(13(5)8-2)23(32)34-11-16(27)19(30)18(29)15(26)10-25/h12-21,25-30H,7-11H2,1-6H3/t12-,13-,14-,15-,16+,17-,18-,19+,20-,21-/m0/s1. The van der Waals surface area contributed by atoms with Gasteiger partial charge in [-0.3, -0.25) is 0 Å². The number of ether oxygens (including phenoxy) is 3. The van der Waals surface area contributed by atoms with Crippen LogP contribution in [-0.4, -0.2) is 104 Å². The van der Waals surface area contributed by atoms with E-state index in [1.54, 1.807) is 41.5 Å². The second-order valence-electron chi connectivity index (χ2n) is 9.24. The molecule has 36 heavy (non-hydrogen) atoms. The van der Waals surface area contributed by atoms with Gasteiger partial charge in [0, 0.05) is 11.8 Å². The molecule has 0 saturated carbocycles. The average molecular weight is 525 g/mol. The monoisotopic (exact) mass is 524 g/mol. The maximum Gasteiger partial charge on any atom is 0.348 e. The summed E-state index contributed by atoms with van der Waals surface area (Å²) >= 11 is 0. The minimum atomic E-state index is -1.93. The zero-order valence-electron chi connectivity index (χ0n) is 21.9. The van der Waals surface area contributed by atoms with Gasteiger partial charge in [0.1, 0.15) is 31.0 Å². The number of hydrogen-bond acceptors (Lipinski definition) is 12. The highest BCUT2D eigenvalue weighted by Crippen LogP contribution is 2.21. The number of esters is 3. The number of carbonyl (C=O) groups excluding carboxylic acids is 3. The zero-order chi connectivity index (χ0) is 28.2. The van der Waals surface area contributed by atoms with Gasteiger partial charge in [-0.15, -0.1) is 0 Å². The Hall–Kier alpha value is -1.83. The molecule has 0 heterocycles. The lowest BCUT2D eigenvalue weighted by Gasteiger charge is -2.28. The summed E-state index contributed by atoms with van der Waals surface area (Å²) < 4.78 is 15.6. The fourth-order valence-corrected chi connectivity index (χ4v) is 2.98. The molecule has 0 unspecified atom stereocenters. The Morgan fingerprint density at radius 1 is 0.639 bits per heavy atom. The lowest BCUT2D eigenvalue weighted by atomic mass is 9.99. The van der Waals surface area contributed by atoms with E-state index in [0.29, 0.717) is 19.3 Å². The van der Waals surface area contributed by atoms with Crippen LogP contribution >= 0.6 is 0 Å². The van der Waals surface area contributed by atoms with Crippen molar-refractivity contribution >= 4 is 17.9 Å². The van der Waals surface area contributed by atoms with Crippen LogP contribution in [0.15, 0.2) is 0 Å². The summed E-state index contributed by atoms with van der Waals surface area (Å²) in [5.41, 5.74) is 0. The summed E-state index contributed by atoms with van der Waals surface area (Å²) in [6, 6.07) is 0. The smallest absolute Gasteiger partial charge is 0.348 e. The Morgan fingerprint density at radius 2 is 1.06 bits per heavy atom. The van der Waals surface area contributed by atoms with Gasteiger partial charge in [0.15, 0.2) is 6.10 Å². The molecule has 0 rings (SSSR count). The zero-order valence-corrected chi connectivity index (χ0v) is 21.9. The van der Waals surface area contributed by atoms with Crippen LogP contribution in [0.4, 0.5) is 0 Å². The second-order valence-corrected chi connectivity index (χ2v) is 9.24. The highest BCUT2D eigenvalue weighted by molar-refractivity contribution is 5.84. The molecular formula is C24H44O12. The van der Waals surface area contributed by atoms with E-state index in [0.717, 1.165) is 0 Å². The van der Waals surface area contributed by atoms with Crippen LogP contribution in [0.2, 0.25) is 0 Å². The third kappa shape index (κ3) is 10.3. The van der Waals surface area contributed by atoms with E-state index in [-0.39, 0.29) is 0 Å². The average Bonchev–Trinajstić information content (AvgIpc) is 2.89. The molecule has 0 aliphatic carbocycles. The summed E-state index contributed by atoms with van der Waals surface area (Å²) in [5.74, 6) is -4.45. The normalized spacial score (nSPS) is 20.0. The Bertz CT molecular complexity index is 671. The Kier molecular flexibility index (Phi) is 16.0. The van der Waals surface area contributed by atoms with E-state index in [4.69, 9.17) is 19.3 Å². The molecule has 0 spiro atoms. The molecule has 0 bridgehead atoms. The predicted octanol–water partition coefficient (Wildman–Crippen LogP) is -0.712. The molecule has 0 radical (unpaired) electrons. The van der Waals surface area contributed by atoms with Gasteiger partial charge >= 0.3 is 17.9 Å². The molecule has 0 aromatic carbocycles. The minimum Gasteiger partial charge on any atom is -0.460 e. The SMILES string of the molecule is CC[C@H](C)[C@H](O)C(=O)O[C@H](C(=O)O[C@H](C(=O)OC[C@@H](O)[C@@H](O)[C@@H](O)[C@@H](O)CO)[C@@H](C)CC)[C@@H](C)CC. The van der Waals surface area contributed by atoms with Crippen molar-refractivity contribution in [2.24, 2.45) is 17.8 Å². The second kappa shape index (κ2) is 16.8. The highest BCUT2D eigenvalue weighted by atomic mass is 16.6. The van der Waals surface area contributed by atoms with Crippen LogP contribution < -0.4 is 0 Å². The fourth-order valence-electron chi connectivity index (χ4n) is 2.98. The first-order valence-corrected chi connectivity index (χ1v) is 12.4. The summed E-state index contributed by atoms with van der Waals surface area (Å²) in [6.07, 6.45) is -10.3. The molecule has 10 atom stereocenters. The lowest BCUT2D eigenvalue weighted by molar-refractivity contribution is -0.190. The molecular weight excluding hydrogens is 480 g/mol. The van der Waals surface area contributed by atoms with E-state index in [2.05, 4.69) is 0 Å². The van der Waals surface area contributed by atoms with Crippen molar-refractivity contribution in [3.05, 3.63) is 0 Å². The van der Waals surface area contributed by atoms with Crippen molar-refractivity contribution in [1.82, 2.24) is 0 Å². The highest BCUT2D eigenvalue weighted by Gasteiger charge is 2.38. The van der Waals surface area contributed by atoms with Crippen molar-refractivity contribution in [3.63, 3.8) is 0 Å². The summed E-state index contributed by atoms with van der Waals surface area (Å²) in [4.78, 5) is 38.0. The molecule has 12 nitrogen and oxygen atoms in total. The van der Waals surface area contributed by atoms with Crippen LogP contribution in [0.3, 0.4) is 0 Å². The van der Waals surface area contributed by atoms with Crippen molar-refractivity contribution in [2.45, 2.75) is 104 Å². The Balaban J connectivity index is 5.45. The molecule has 6 N–H and O–H groups in total.